The van der Waals surface area contributed by atoms with Gasteiger partial charge in [-0.3, -0.25) is 4.90 Å². The molecule has 0 amide bonds. The van der Waals surface area contributed by atoms with Crippen LogP contribution in [0.5, 0.6) is 0 Å². The minimum Gasteiger partial charge on any atom is -0.478 e. The van der Waals surface area contributed by atoms with Gasteiger partial charge in [0.2, 0.25) is 6.43 Å². The van der Waals surface area contributed by atoms with E-state index in [1.54, 1.807) is 4.90 Å². The molecule has 0 unspecified atom stereocenters. The second-order valence-electron chi connectivity index (χ2n) is 3.05. The van der Waals surface area contributed by atoms with Crippen molar-refractivity contribution in [2.45, 2.75) is 6.43 Å². The molecule has 0 bridgehead atoms. The number of alkyl halides is 2. The van der Waals surface area contributed by atoms with Crippen LogP contribution in [0.1, 0.15) is 0 Å². The zero-order valence-corrected chi connectivity index (χ0v) is 6.99. The van der Waals surface area contributed by atoms with Gasteiger partial charge in [-0.2, -0.15) is 0 Å². The minimum atomic E-state index is -2.25. The number of aliphatic carboxylic acids is 1. The third-order valence-corrected chi connectivity index (χ3v) is 1.97. The molecule has 0 atom stereocenters. The van der Waals surface area contributed by atoms with Gasteiger partial charge in [-0.1, -0.05) is 6.08 Å². The van der Waals surface area contributed by atoms with Crippen molar-refractivity contribution in [3.8, 4) is 0 Å². The van der Waals surface area contributed by atoms with Crippen LogP contribution >= 0.6 is 0 Å². The molecule has 74 valence electrons. The summed E-state index contributed by atoms with van der Waals surface area (Å²) in [5, 5.41) is 8.23. The summed E-state index contributed by atoms with van der Waals surface area (Å²) >= 11 is 0. The summed E-state index contributed by atoms with van der Waals surface area (Å²) in [6.45, 7) is 1.17. The van der Waals surface area contributed by atoms with Crippen molar-refractivity contribution >= 4 is 5.97 Å². The molecule has 1 heterocycles. The molecule has 0 spiro atoms. The highest BCUT2D eigenvalue weighted by molar-refractivity contribution is 5.79. The van der Waals surface area contributed by atoms with E-state index in [0.29, 0.717) is 19.6 Å². The Morgan fingerprint density at radius 1 is 1.62 bits per heavy atom. The third kappa shape index (κ3) is 3.10. The first-order chi connectivity index (χ1) is 6.09. The molecule has 0 aromatic rings. The molecule has 0 radical (unpaired) electrons. The Morgan fingerprint density at radius 2 is 2.23 bits per heavy atom. The van der Waals surface area contributed by atoms with E-state index in [2.05, 4.69) is 0 Å². The first-order valence-corrected chi connectivity index (χ1v) is 3.99. The Bertz CT molecular complexity index is 212. The predicted molar refractivity (Wildman–Crippen MR) is 42.7 cm³/mol. The van der Waals surface area contributed by atoms with Crippen molar-refractivity contribution in [3.63, 3.8) is 0 Å². The van der Waals surface area contributed by atoms with Crippen molar-refractivity contribution in [2.75, 3.05) is 19.6 Å². The topological polar surface area (TPSA) is 40.5 Å². The summed E-state index contributed by atoms with van der Waals surface area (Å²) in [4.78, 5) is 11.8. The van der Waals surface area contributed by atoms with Gasteiger partial charge in [-0.05, 0) is 0 Å². The monoisotopic (exact) mass is 191 g/mol. The SMILES string of the molecule is O=C(O)/C=C/CN1CC(C(F)F)C1. The number of hydrogen-bond donors (Lipinski definition) is 1. The molecule has 1 fully saturated rings. The highest BCUT2D eigenvalue weighted by Crippen LogP contribution is 2.21. The Hall–Kier alpha value is -0.970. The van der Waals surface area contributed by atoms with Gasteiger partial charge < -0.3 is 5.11 Å². The summed E-state index contributed by atoms with van der Waals surface area (Å²) in [5.41, 5.74) is 0. The maximum absolute atomic E-state index is 12.0. The fourth-order valence-electron chi connectivity index (χ4n) is 1.22. The molecule has 1 aliphatic heterocycles. The van der Waals surface area contributed by atoms with Crippen LogP contribution in [0.3, 0.4) is 0 Å². The number of carboxylic acid groups (broad SMARTS) is 1. The lowest BCUT2D eigenvalue weighted by Crippen LogP contribution is -2.49. The van der Waals surface area contributed by atoms with Gasteiger partial charge in [0, 0.05) is 31.6 Å². The van der Waals surface area contributed by atoms with E-state index >= 15 is 0 Å². The van der Waals surface area contributed by atoms with Crippen molar-refractivity contribution in [3.05, 3.63) is 12.2 Å². The minimum absolute atomic E-state index is 0.363. The van der Waals surface area contributed by atoms with E-state index in [-0.39, 0.29) is 0 Å². The van der Waals surface area contributed by atoms with E-state index in [0.717, 1.165) is 6.08 Å². The molecule has 0 aliphatic carbocycles. The number of likely N-dealkylation sites (tertiary alicyclic amines) is 1. The molecule has 1 N–H and O–H groups in total. The normalized spacial score (nSPS) is 19.6. The van der Waals surface area contributed by atoms with Crippen molar-refractivity contribution < 1.29 is 18.7 Å². The number of halogens is 2. The van der Waals surface area contributed by atoms with E-state index in [1.165, 1.54) is 6.08 Å². The number of rotatable bonds is 4. The lowest BCUT2D eigenvalue weighted by atomic mass is 10.0. The molecule has 3 nitrogen and oxygen atoms in total. The quantitative estimate of drug-likeness (QED) is 0.669. The van der Waals surface area contributed by atoms with Gasteiger partial charge in [0.05, 0.1) is 0 Å². The summed E-state index contributed by atoms with van der Waals surface area (Å²) in [7, 11) is 0. The molecule has 13 heavy (non-hydrogen) atoms. The number of carboxylic acids is 1. The molecule has 0 aromatic heterocycles. The molecule has 1 saturated heterocycles. The van der Waals surface area contributed by atoms with Gasteiger partial charge in [0.15, 0.2) is 0 Å². The smallest absolute Gasteiger partial charge is 0.328 e. The van der Waals surface area contributed by atoms with Crippen molar-refractivity contribution in [1.82, 2.24) is 4.90 Å². The summed E-state index contributed by atoms with van der Waals surface area (Å²) in [6, 6.07) is 0. The highest BCUT2D eigenvalue weighted by Gasteiger charge is 2.32. The van der Waals surface area contributed by atoms with Gasteiger partial charge in [-0.25, -0.2) is 13.6 Å². The van der Waals surface area contributed by atoms with Crippen LogP contribution in [-0.4, -0.2) is 42.0 Å². The first kappa shape index (κ1) is 10.1. The Kier molecular flexibility index (Phi) is 3.36. The number of hydrogen-bond acceptors (Lipinski definition) is 2. The van der Waals surface area contributed by atoms with Gasteiger partial charge in [0.1, 0.15) is 0 Å². The largest absolute Gasteiger partial charge is 0.478 e. The molecule has 5 heteroatoms. The first-order valence-electron chi connectivity index (χ1n) is 3.99. The Labute approximate surface area is 74.6 Å². The second-order valence-corrected chi connectivity index (χ2v) is 3.05. The lowest BCUT2D eigenvalue weighted by Gasteiger charge is -2.37. The highest BCUT2D eigenvalue weighted by atomic mass is 19.3. The average molecular weight is 191 g/mol. The number of carbonyl (C=O) groups is 1. The van der Waals surface area contributed by atoms with E-state index < -0.39 is 18.3 Å². The molecule has 1 rings (SSSR count). The van der Waals surface area contributed by atoms with Crippen LogP contribution in [0.2, 0.25) is 0 Å². The summed E-state index contributed by atoms with van der Waals surface area (Å²) in [5.74, 6) is -1.54. The van der Waals surface area contributed by atoms with Crippen LogP contribution < -0.4 is 0 Å². The number of nitrogens with zero attached hydrogens (tertiary/aromatic N) is 1. The predicted octanol–water partition coefficient (Wildman–Crippen LogP) is 0.824. The molecule has 0 aromatic carbocycles. The molecule has 0 saturated carbocycles. The van der Waals surface area contributed by atoms with Gasteiger partial charge in [0.25, 0.3) is 0 Å². The molecular formula is C8H11F2NO2. The lowest BCUT2D eigenvalue weighted by molar-refractivity contribution is -0.131. The third-order valence-electron chi connectivity index (χ3n) is 1.97. The fourth-order valence-corrected chi connectivity index (χ4v) is 1.22. The van der Waals surface area contributed by atoms with Crippen LogP contribution in [0.25, 0.3) is 0 Å². The fraction of sp³-hybridized carbons (Fsp3) is 0.625. The zero-order valence-electron chi connectivity index (χ0n) is 6.99. The Balaban J connectivity index is 2.12. The maximum atomic E-state index is 12.0. The van der Waals surface area contributed by atoms with Crippen LogP contribution in [-0.2, 0) is 4.79 Å². The van der Waals surface area contributed by atoms with Crippen LogP contribution in [0.15, 0.2) is 12.2 Å². The van der Waals surface area contributed by atoms with Crippen molar-refractivity contribution in [2.24, 2.45) is 5.92 Å². The maximum Gasteiger partial charge on any atom is 0.328 e. The zero-order chi connectivity index (χ0) is 9.84. The van der Waals surface area contributed by atoms with Crippen LogP contribution in [0.4, 0.5) is 8.78 Å². The Morgan fingerprint density at radius 3 is 2.69 bits per heavy atom. The molecule has 1 aliphatic rings. The van der Waals surface area contributed by atoms with E-state index in [4.69, 9.17) is 5.11 Å². The standard InChI is InChI=1S/C8H11F2NO2/c9-8(10)6-4-11(5-6)3-1-2-7(12)13/h1-2,6,8H,3-5H2,(H,12,13)/b2-1+. The van der Waals surface area contributed by atoms with Crippen LogP contribution in [0, 0.1) is 5.92 Å². The van der Waals surface area contributed by atoms with Gasteiger partial charge >= 0.3 is 5.97 Å². The van der Waals surface area contributed by atoms with Gasteiger partial charge in [-0.15, -0.1) is 0 Å². The second kappa shape index (κ2) is 4.32. The summed E-state index contributed by atoms with van der Waals surface area (Å²) in [6.07, 6.45) is 0.236. The van der Waals surface area contributed by atoms with Crippen molar-refractivity contribution in [1.29, 1.82) is 0 Å². The molecular weight excluding hydrogens is 180 g/mol. The average Bonchev–Trinajstić information content (AvgIpc) is 1.92. The summed E-state index contributed by atoms with van der Waals surface area (Å²) < 4.78 is 23.9. The van der Waals surface area contributed by atoms with E-state index in [9.17, 15) is 13.6 Å². The van der Waals surface area contributed by atoms with E-state index in [1.807, 2.05) is 0 Å².